The van der Waals surface area contributed by atoms with Crippen LogP contribution >= 0.6 is 0 Å². The Labute approximate surface area is 110 Å². The van der Waals surface area contributed by atoms with Crippen molar-refractivity contribution in [3.8, 4) is 0 Å². The quantitative estimate of drug-likeness (QED) is 0.574. The van der Waals surface area contributed by atoms with E-state index in [0.717, 1.165) is 6.42 Å². The summed E-state index contributed by atoms with van der Waals surface area (Å²) in [5.41, 5.74) is -1.13. The van der Waals surface area contributed by atoms with Gasteiger partial charge in [-0.15, -0.1) is 0 Å². The molecule has 0 aliphatic rings. The molecule has 4 heteroatoms. The summed E-state index contributed by atoms with van der Waals surface area (Å²) in [7, 11) is 0. The van der Waals surface area contributed by atoms with E-state index in [2.05, 4.69) is 0 Å². The normalized spacial score (nSPS) is 13.9. The van der Waals surface area contributed by atoms with Crippen LogP contribution < -0.4 is 0 Å². The molecule has 0 radical (unpaired) electrons. The lowest BCUT2D eigenvalue weighted by Gasteiger charge is -2.30. The zero-order valence-electron chi connectivity index (χ0n) is 12.6. The van der Waals surface area contributed by atoms with E-state index < -0.39 is 28.9 Å². The topological polar surface area (TPSA) is 52.6 Å². The molecule has 0 heterocycles. The third kappa shape index (κ3) is 6.03. The van der Waals surface area contributed by atoms with Crippen molar-refractivity contribution in [3.63, 3.8) is 0 Å². The van der Waals surface area contributed by atoms with Gasteiger partial charge in [0.15, 0.2) is 5.92 Å². The molecule has 0 aliphatic heterocycles. The second-order valence-electron chi connectivity index (χ2n) is 6.50. The van der Waals surface area contributed by atoms with Crippen LogP contribution in [0.4, 0.5) is 0 Å². The van der Waals surface area contributed by atoms with E-state index >= 15 is 0 Å². The van der Waals surface area contributed by atoms with Crippen molar-refractivity contribution < 1.29 is 19.1 Å². The minimum Gasteiger partial charge on any atom is -0.465 e. The fourth-order valence-corrected chi connectivity index (χ4v) is 1.45. The summed E-state index contributed by atoms with van der Waals surface area (Å²) in [5, 5.41) is 0. The number of carbonyl (C=O) groups is 2. The monoisotopic (exact) mass is 258 g/mol. The molecular weight excluding hydrogens is 232 g/mol. The predicted octanol–water partition coefficient (Wildman–Crippen LogP) is 2.94. The summed E-state index contributed by atoms with van der Waals surface area (Å²) in [5.74, 6) is -1.90. The van der Waals surface area contributed by atoms with Crippen LogP contribution in [0.15, 0.2) is 0 Å². The van der Waals surface area contributed by atoms with Gasteiger partial charge in [0.05, 0.1) is 6.61 Å². The minimum absolute atomic E-state index is 0.328. The van der Waals surface area contributed by atoms with Crippen LogP contribution in [0.1, 0.15) is 54.9 Å². The summed E-state index contributed by atoms with van der Waals surface area (Å²) >= 11 is 0. The van der Waals surface area contributed by atoms with Crippen molar-refractivity contribution in [2.45, 2.75) is 60.5 Å². The highest BCUT2D eigenvalue weighted by Gasteiger charge is 2.41. The lowest BCUT2D eigenvalue weighted by Crippen LogP contribution is -2.41. The van der Waals surface area contributed by atoms with Gasteiger partial charge in [-0.05, 0) is 32.6 Å². The van der Waals surface area contributed by atoms with E-state index in [4.69, 9.17) is 9.47 Å². The van der Waals surface area contributed by atoms with Crippen LogP contribution in [0.3, 0.4) is 0 Å². The van der Waals surface area contributed by atoms with Gasteiger partial charge in [0.1, 0.15) is 5.60 Å². The van der Waals surface area contributed by atoms with E-state index in [0.29, 0.717) is 6.61 Å². The van der Waals surface area contributed by atoms with Gasteiger partial charge in [0.2, 0.25) is 0 Å². The number of hydrogen-bond acceptors (Lipinski definition) is 4. The predicted molar refractivity (Wildman–Crippen MR) is 70.0 cm³/mol. The van der Waals surface area contributed by atoms with Crippen molar-refractivity contribution >= 4 is 11.9 Å². The van der Waals surface area contributed by atoms with Gasteiger partial charge in [-0.25, -0.2) is 0 Å². The molecule has 0 bridgehead atoms. The second-order valence-corrected chi connectivity index (χ2v) is 6.50. The maximum atomic E-state index is 12.1. The molecule has 0 saturated heterocycles. The Bertz CT molecular complexity index is 294. The molecule has 0 fully saturated rings. The molecule has 4 nitrogen and oxygen atoms in total. The van der Waals surface area contributed by atoms with Gasteiger partial charge in [-0.3, -0.25) is 9.59 Å². The third-order valence-corrected chi connectivity index (χ3v) is 2.19. The first kappa shape index (κ1) is 16.9. The Balaban J connectivity index is 4.91. The first-order valence-electron chi connectivity index (χ1n) is 6.38. The summed E-state index contributed by atoms with van der Waals surface area (Å²) in [6.45, 7) is 13.1. The average Bonchev–Trinajstić information content (AvgIpc) is 2.09. The largest absolute Gasteiger partial charge is 0.465 e. The number of ether oxygens (including phenoxy) is 2. The van der Waals surface area contributed by atoms with Crippen molar-refractivity contribution in [2.75, 3.05) is 6.61 Å². The molecule has 0 rings (SSSR count). The van der Waals surface area contributed by atoms with Gasteiger partial charge in [-0.1, -0.05) is 27.7 Å². The zero-order valence-corrected chi connectivity index (χ0v) is 12.6. The Hall–Kier alpha value is -1.06. The molecule has 106 valence electrons. The van der Waals surface area contributed by atoms with E-state index in [9.17, 15) is 9.59 Å². The highest BCUT2D eigenvalue weighted by Crippen LogP contribution is 2.29. The molecule has 0 amide bonds. The lowest BCUT2D eigenvalue weighted by atomic mass is 9.80. The van der Waals surface area contributed by atoms with Crippen LogP contribution in [0.2, 0.25) is 0 Å². The molecular formula is C14H26O4. The van der Waals surface area contributed by atoms with Crippen LogP contribution in [0, 0.1) is 11.3 Å². The SMILES string of the molecule is CCCOC(=O)C(C(=O)OC(C)(C)C)C(C)(C)C. The minimum atomic E-state index is -0.886. The maximum Gasteiger partial charge on any atom is 0.321 e. The zero-order chi connectivity index (χ0) is 14.6. The number of rotatable bonds is 4. The van der Waals surface area contributed by atoms with Gasteiger partial charge in [0, 0.05) is 0 Å². The summed E-state index contributed by atoms with van der Waals surface area (Å²) < 4.78 is 10.4. The molecule has 1 atom stereocenters. The summed E-state index contributed by atoms with van der Waals surface area (Å²) in [6, 6.07) is 0. The first-order chi connectivity index (χ1) is 7.99. The Kier molecular flexibility index (Phi) is 5.84. The van der Waals surface area contributed by atoms with Crippen LogP contribution in [0.5, 0.6) is 0 Å². The summed E-state index contributed by atoms with van der Waals surface area (Å²) in [6.07, 6.45) is 0.733. The fourth-order valence-electron chi connectivity index (χ4n) is 1.45. The molecule has 18 heavy (non-hydrogen) atoms. The van der Waals surface area contributed by atoms with Crippen LogP contribution in [-0.4, -0.2) is 24.1 Å². The molecule has 0 spiro atoms. The molecule has 1 unspecified atom stereocenters. The number of esters is 2. The van der Waals surface area contributed by atoms with Crippen molar-refractivity contribution in [3.05, 3.63) is 0 Å². The second kappa shape index (κ2) is 6.21. The smallest absolute Gasteiger partial charge is 0.321 e. The summed E-state index contributed by atoms with van der Waals surface area (Å²) in [4.78, 5) is 24.0. The molecule has 0 saturated carbocycles. The van der Waals surface area contributed by atoms with Gasteiger partial charge in [0.25, 0.3) is 0 Å². The van der Waals surface area contributed by atoms with Gasteiger partial charge >= 0.3 is 11.9 Å². The lowest BCUT2D eigenvalue weighted by molar-refractivity contribution is -0.174. The van der Waals surface area contributed by atoms with Crippen molar-refractivity contribution in [2.24, 2.45) is 11.3 Å². The van der Waals surface area contributed by atoms with Crippen LogP contribution in [-0.2, 0) is 19.1 Å². The highest BCUT2D eigenvalue weighted by molar-refractivity contribution is 5.95. The third-order valence-electron chi connectivity index (χ3n) is 2.19. The molecule has 0 aromatic carbocycles. The van der Waals surface area contributed by atoms with E-state index in [1.807, 2.05) is 27.7 Å². The first-order valence-corrected chi connectivity index (χ1v) is 6.38. The number of carbonyl (C=O) groups excluding carboxylic acids is 2. The average molecular weight is 258 g/mol. The maximum absolute atomic E-state index is 12.1. The molecule has 0 aliphatic carbocycles. The fraction of sp³-hybridized carbons (Fsp3) is 0.857. The van der Waals surface area contributed by atoms with Gasteiger partial charge in [-0.2, -0.15) is 0 Å². The molecule has 0 N–H and O–H groups in total. The van der Waals surface area contributed by atoms with E-state index in [-0.39, 0.29) is 0 Å². The van der Waals surface area contributed by atoms with E-state index in [1.54, 1.807) is 20.8 Å². The standard InChI is InChI=1S/C14H26O4/c1-8-9-17-11(15)10(13(2,3)4)12(16)18-14(5,6)7/h10H,8-9H2,1-7H3. The number of hydrogen-bond donors (Lipinski definition) is 0. The Morgan fingerprint density at radius 1 is 1.00 bits per heavy atom. The highest BCUT2D eigenvalue weighted by atomic mass is 16.6. The van der Waals surface area contributed by atoms with Crippen LogP contribution in [0.25, 0.3) is 0 Å². The van der Waals surface area contributed by atoms with Crippen molar-refractivity contribution in [1.29, 1.82) is 0 Å². The molecule has 0 aromatic heterocycles. The van der Waals surface area contributed by atoms with Crippen molar-refractivity contribution in [1.82, 2.24) is 0 Å². The molecule has 0 aromatic rings. The Morgan fingerprint density at radius 3 is 1.83 bits per heavy atom. The van der Waals surface area contributed by atoms with E-state index in [1.165, 1.54) is 0 Å². The van der Waals surface area contributed by atoms with Gasteiger partial charge < -0.3 is 9.47 Å². The Morgan fingerprint density at radius 2 is 1.50 bits per heavy atom.